The fourth-order valence-corrected chi connectivity index (χ4v) is 0.830. The van der Waals surface area contributed by atoms with E-state index in [0.29, 0.717) is 12.6 Å². The van der Waals surface area contributed by atoms with Crippen LogP contribution in [-0.4, -0.2) is 19.3 Å². The van der Waals surface area contributed by atoms with E-state index in [-0.39, 0.29) is 4.70 Å². The summed E-state index contributed by atoms with van der Waals surface area (Å²) in [5, 5.41) is 0. The third kappa shape index (κ3) is 1.76. The molecule has 1 heterocycles. The lowest BCUT2D eigenvalue weighted by Gasteiger charge is -2.01. The van der Waals surface area contributed by atoms with Gasteiger partial charge in [-0.05, 0) is 12.8 Å². The lowest BCUT2D eigenvalue weighted by atomic mass is 10.2. The van der Waals surface area contributed by atoms with Gasteiger partial charge in [0, 0.05) is 13.2 Å². The van der Waals surface area contributed by atoms with Gasteiger partial charge < -0.3 is 10.5 Å². The highest BCUT2D eigenvalue weighted by Crippen LogP contribution is 2.09. The van der Waals surface area contributed by atoms with Gasteiger partial charge in [0.05, 0.1) is 6.10 Å². The van der Waals surface area contributed by atoms with Gasteiger partial charge in [0.1, 0.15) is 0 Å². The Morgan fingerprint density at radius 1 is 1.62 bits per heavy atom. The minimum Gasteiger partial charge on any atom is -0.377 e. The van der Waals surface area contributed by atoms with Crippen LogP contribution in [0.2, 0.25) is 0 Å². The predicted molar refractivity (Wildman–Crippen MR) is 30.5 cm³/mol. The summed E-state index contributed by atoms with van der Waals surface area (Å²) in [6.07, 6.45) is 2.73. The van der Waals surface area contributed by atoms with E-state index in [1.54, 1.807) is 0 Å². The van der Waals surface area contributed by atoms with Gasteiger partial charge in [0.15, 0.2) is 0 Å². The van der Waals surface area contributed by atoms with Crippen molar-refractivity contribution in [1.82, 2.24) is 0 Å². The summed E-state index contributed by atoms with van der Waals surface area (Å²) in [4.78, 5) is 0. The first kappa shape index (κ1) is 7.85. The van der Waals surface area contributed by atoms with Gasteiger partial charge in [0.25, 0.3) is 0 Å². The van der Waals surface area contributed by atoms with Crippen molar-refractivity contribution >= 4 is 0 Å². The monoisotopic (exact) mass is 121 g/mol. The summed E-state index contributed by atoms with van der Waals surface area (Å²) in [5.41, 5.74) is 5.31. The molecule has 0 aromatic carbocycles. The van der Waals surface area contributed by atoms with Crippen LogP contribution in [0.1, 0.15) is 12.8 Å². The van der Waals surface area contributed by atoms with Crippen molar-refractivity contribution in [3.8, 4) is 0 Å². The fourth-order valence-electron chi connectivity index (χ4n) is 0.830. The molecule has 50 valence electrons. The summed E-state index contributed by atoms with van der Waals surface area (Å²) in [5.74, 6) is 0. The molecule has 1 aliphatic heterocycles. The third-order valence-electron chi connectivity index (χ3n) is 1.29. The molecular formula is C5H12FNO. The Bertz CT molecular complexity index is 54.4. The number of ether oxygens (including phenoxy) is 1. The second kappa shape index (κ2) is 3.80. The largest absolute Gasteiger partial charge is 0.377 e. The Balaban J connectivity index is 0.000000490. The lowest BCUT2D eigenvalue weighted by molar-refractivity contribution is 0.117. The van der Waals surface area contributed by atoms with Crippen molar-refractivity contribution in [3.05, 3.63) is 0 Å². The second-order valence-corrected chi connectivity index (χ2v) is 1.87. The molecule has 0 amide bonds. The zero-order valence-electron chi connectivity index (χ0n) is 4.80. The molecule has 1 atom stereocenters. The molecule has 2 nitrogen and oxygen atoms in total. The Labute approximate surface area is 48.4 Å². The summed E-state index contributed by atoms with van der Waals surface area (Å²) in [6.45, 7) is 1.61. The lowest BCUT2D eigenvalue weighted by Crippen LogP contribution is -2.17. The van der Waals surface area contributed by atoms with Gasteiger partial charge in [-0.2, -0.15) is 0 Å². The maximum Gasteiger partial charge on any atom is 0.0698 e. The SMILES string of the molecule is F.NCC1CCCO1. The molecule has 0 aromatic rings. The van der Waals surface area contributed by atoms with Gasteiger partial charge in [-0.25, -0.2) is 0 Å². The topological polar surface area (TPSA) is 35.2 Å². The van der Waals surface area contributed by atoms with Crippen LogP contribution in [0, 0.1) is 0 Å². The average Bonchev–Trinajstić information content (AvgIpc) is 2.14. The molecule has 1 saturated heterocycles. The highest BCUT2D eigenvalue weighted by molar-refractivity contribution is 4.63. The van der Waals surface area contributed by atoms with Crippen LogP contribution < -0.4 is 5.73 Å². The molecule has 0 bridgehead atoms. The summed E-state index contributed by atoms with van der Waals surface area (Å²) in [7, 11) is 0. The zero-order chi connectivity index (χ0) is 5.11. The molecule has 2 N–H and O–H groups in total. The maximum absolute atomic E-state index is 5.31. The van der Waals surface area contributed by atoms with E-state index in [1.807, 2.05) is 0 Å². The second-order valence-electron chi connectivity index (χ2n) is 1.87. The molecule has 0 radical (unpaired) electrons. The van der Waals surface area contributed by atoms with Gasteiger partial charge in [-0.3, -0.25) is 4.70 Å². The maximum atomic E-state index is 5.31. The molecule has 1 aliphatic rings. The van der Waals surface area contributed by atoms with Crippen molar-refractivity contribution in [2.75, 3.05) is 13.2 Å². The number of rotatable bonds is 1. The number of nitrogens with two attached hydrogens (primary N) is 1. The number of halogens is 1. The Kier molecular flexibility index (Phi) is 3.73. The fraction of sp³-hybridized carbons (Fsp3) is 1.00. The molecule has 0 saturated carbocycles. The Hall–Kier alpha value is -0.150. The van der Waals surface area contributed by atoms with E-state index >= 15 is 0 Å². The quantitative estimate of drug-likeness (QED) is 0.540. The van der Waals surface area contributed by atoms with Crippen LogP contribution in [0.4, 0.5) is 4.70 Å². The predicted octanol–water partition coefficient (Wildman–Crippen LogP) is 0.277. The molecule has 1 unspecified atom stereocenters. The standard InChI is InChI=1S/C5H11NO.FH/c6-4-5-2-1-3-7-5;/h5H,1-4,6H2;1H. The summed E-state index contributed by atoms with van der Waals surface area (Å²) < 4.78 is 5.18. The van der Waals surface area contributed by atoms with Gasteiger partial charge in [-0.15, -0.1) is 0 Å². The minimum absolute atomic E-state index is 0. The zero-order valence-corrected chi connectivity index (χ0v) is 4.80. The van der Waals surface area contributed by atoms with Gasteiger partial charge >= 0.3 is 0 Å². The minimum atomic E-state index is 0. The summed E-state index contributed by atoms with van der Waals surface area (Å²) in [6, 6.07) is 0. The molecule has 8 heavy (non-hydrogen) atoms. The molecule has 3 heteroatoms. The number of hydrogen-bond donors (Lipinski definition) is 1. The van der Waals surface area contributed by atoms with E-state index in [4.69, 9.17) is 10.5 Å². The van der Waals surface area contributed by atoms with Gasteiger partial charge in [-0.1, -0.05) is 0 Å². The Morgan fingerprint density at radius 3 is 2.62 bits per heavy atom. The highest BCUT2D eigenvalue weighted by atomic mass is 19.0. The first-order valence-electron chi connectivity index (χ1n) is 2.75. The van der Waals surface area contributed by atoms with Crippen LogP contribution in [0.5, 0.6) is 0 Å². The van der Waals surface area contributed by atoms with Crippen molar-refractivity contribution in [2.24, 2.45) is 5.73 Å². The molecule has 0 aromatic heterocycles. The van der Waals surface area contributed by atoms with E-state index < -0.39 is 0 Å². The molecule has 0 aliphatic carbocycles. The average molecular weight is 121 g/mol. The van der Waals surface area contributed by atoms with Crippen LogP contribution >= 0.6 is 0 Å². The van der Waals surface area contributed by atoms with Crippen molar-refractivity contribution in [2.45, 2.75) is 18.9 Å². The van der Waals surface area contributed by atoms with Crippen molar-refractivity contribution in [1.29, 1.82) is 0 Å². The highest BCUT2D eigenvalue weighted by Gasteiger charge is 2.11. The first-order valence-corrected chi connectivity index (χ1v) is 2.75. The molecule has 1 fully saturated rings. The van der Waals surface area contributed by atoms with Crippen LogP contribution in [-0.2, 0) is 4.74 Å². The Morgan fingerprint density at radius 2 is 2.38 bits per heavy atom. The summed E-state index contributed by atoms with van der Waals surface area (Å²) >= 11 is 0. The molecule has 1 rings (SSSR count). The first-order chi connectivity index (χ1) is 3.43. The molecule has 0 spiro atoms. The van der Waals surface area contributed by atoms with E-state index in [0.717, 1.165) is 13.0 Å². The van der Waals surface area contributed by atoms with Crippen LogP contribution in [0.25, 0.3) is 0 Å². The molecular weight excluding hydrogens is 109 g/mol. The normalized spacial score (nSPS) is 27.4. The van der Waals surface area contributed by atoms with Crippen molar-refractivity contribution < 1.29 is 9.44 Å². The number of hydrogen-bond acceptors (Lipinski definition) is 2. The van der Waals surface area contributed by atoms with E-state index in [9.17, 15) is 0 Å². The van der Waals surface area contributed by atoms with Gasteiger partial charge in [0.2, 0.25) is 0 Å². The smallest absolute Gasteiger partial charge is 0.0698 e. The van der Waals surface area contributed by atoms with Crippen LogP contribution in [0.15, 0.2) is 0 Å². The van der Waals surface area contributed by atoms with E-state index in [2.05, 4.69) is 0 Å². The van der Waals surface area contributed by atoms with Crippen LogP contribution in [0.3, 0.4) is 0 Å². The third-order valence-corrected chi connectivity index (χ3v) is 1.29. The van der Waals surface area contributed by atoms with Crippen molar-refractivity contribution in [3.63, 3.8) is 0 Å². The van der Waals surface area contributed by atoms with E-state index in [1.165, 1.54) is 6.42 Å².